The maximum atomic E-state index is 12.5. The van der Waals surface area contributed by atoms with Crippen LogP contribution in [0.3, 0.4) is 0 Å². The lowest BCUT2D eigenvalue weighted by molar-refractivity contribution is -0.128. The van der Waals surface area contributed by atoms with Crippen molar-refractivity contribution in [2.45, 2.75) is 11.9 Å². The van der Waals surface area contributed by atoms with Gasteiger partial charge in [0.15, 0.2) is 11.5 Å². The number of ether oxygens (including phenoxy) is 4. The second-order valence-corrected chi connectivity index (χ2v) is 7.05. The first kappa shape index (κ1) is 19.2. The van der Waals surface area contributed by atoms with Crippen molar-refractivity contribution in [1.82, 2.24) is 4.90 Å². The van der Waals surface area contributed by atoms with Gasteiger partial charge in [0, 0.05) is 11.6 Å². The van der Waals surface area contributed by atoms with Crippen LogP contribution in [0, 0.1) is 0 Å². The second kappa shape index (κ2) is 8.43. The Morgan fingerprint density at radius 1 is 0.926 bits per heavy atom. The van der Waals surface area contributed by atoms with Crippen molar-refractivity contribution in [3.05, 3.63) is 47.5 Å². The molecule has 1 unspecified atom stereocenters. The molecule has 1 amide bonds. The van der Waals surface area contributed by atoms with E-state index in [2.05, 4.69) is 0 Å². The van der Waals surface area contributed by atoms with Crippen molar-refractivity contribution < 1.29 is 23.7 Å². The predicted molar refractivity (Wildman–Crippen MR) is 105 cm³/mol. The van der Waals surface area contributed by atoms with E-state index in [0.29, 0.717) is 35.3 Å². The molecular weight excluding hydrogens is 366 g/mol. The molecule has 0 bridgehead atoms. The van der Waals surface area contributed by atoms with Crippen LogP contribution in [0.2, 0.25) is 0 Å². The lowest BCUT2D eigenvalue weighted by Gasteiger charge is -2.25. The fourth-order valence-corrected chi connectivity index (χ4v) is 4.25. The standard InChI is InChI=1S/C20H23NO5S/c1-23-15-7-5-14(17(10-15)25-3)11-21-19(22)12-27-20(21)13-6-8-16(24-2)18(9-13)26-4/h5-10,20H,11-12H2,1-4H3. The second-order valence-electron chi connectivity index (χ2n) is 5.98. The summed E-state index contributed by atoms with van der Waals surface area (Å²) in [5, 5.41) is -0.0934. The van der Waals surface area contributed by atoms with Crippen molar-refractivity contribution in [2.24, 2.45) is 0 Å². The van der Waals surface area contributed by atoms with Crippen LogP contribution in [0.1, 0.15) is 16.5 Å². The highest BCUT2D eigenvalue weighted by Crippen LogP contribution is 2.43. The van der Waals surface area contributed by atoms with Gasteiger partial charge in [-0.15, -0.1) is 11.8 Å². The summed E-state index contributed by atoms with van der Waals surface area (Å²) in [6.45, 7) is 0.456. The normalized spacial score (nSPS) is 16.4. The number of carbonyl (C=O) groups excluding carboxylic acids is 1. The summed E-state index contributed by atoms with van der Waals surface area (Å²) in [7, 11) is 6.44. The zero-order valence-corrected chi connectivity index (χ0v) is 16.7. The van der Waals surface area contributed by atoms with E-state index in [0.717, 1.165) is 11.1 Å². The van der Waals surface area contributed by atoms with E-state index in [9.17, 15) is 4.79 Å². The fourth-order valence-electron chi connectivity index (χ4n) is 3.07. The van der Waals surface area contributed by atoms with E-state index >= 15 is 0 Å². The third kappa shape index (κ3) is 3.93. The average Bonchev–Trinajstić information content (AvgIpc) is 3.07. The van der Waals surface area contributed by atoms with Crippen LogP contribution in [0.25, 0.3) is 0 Å². The SMILES string of the molecule is COc1ccc(CN2C(=O)CSC2c2ccc(OC)c(OC)c2)c(OC)c1. The van der Waals surface area contributed by atoms with Crippen LogP contribution in [0.5, 0.6) is 23.0 Å². The molecule has 27 heavy (non-hydrogen) atoms. The molecule has 1 aliphatic heterocycles. The smallest absolute Gasteiger partial charge is 0.234 e. The zero-order valence-electron chi connectivity index (χ0n) is 15.9. The molecule has 2 aromatic rings. The number of amides is 1. The van der Waals surface area contributed by atoms with Gasteiger partial charge in [-0.1, -0.05) is 6.07 Å². The predicted octanol–water partition coefficient (Wildman–Crippen LogP) is 3.50. The summed E-state index contributed by atoms with van der Waals surface area (Å²) in [6, 6.07) is 11.4. The molecule has 3 rings (SSSR count). The number of carbonyl (C=O) groups is 1. The summed E-state index contributed by atoms with van der Waals surface area (Å²) in [6.07, 6.45) is 0. The Kier molecular flexibility index (Phi) is 6.01. The van der Waals surface area contributed by atoms with E-state index in [1.165, 1.54) is 0 Å². The first-order valence-corrected chi connectivity index (χ1v) is 9.50. The molecular formula is C20H23NO5S. The highest BCUT2D eigenvalue weighted by molar-refractivity contribution is 8.00. The summed E-state index contributed by atoms with van der Waals surface area (Å²) < 4.78 is 21.4. The molecule has 1 aliphatic rings. The highest BCUT2D eigenvalue weighted by atomic mass is 32.2. The first-order valence-electron chi connectivity index (χ1n) is 8.45. The third-order valence-electron chi connectivity index (χ3n) is 4.50. The largest absolute Gasteiger partial charge is 0.497 e. The number of benzene rings is 2. The molecule has 0 aromatic heterocycles. The lowest BCUT2D eigenvalue weighted by atomic mass is 10.1. The molecule has 0 aliphatic carbocycles. The molecule has 1 saturated heterocycles. The van der Waals surface area contributed by atoms with Crippen LogP contribution in [0.15, 0.2) is 36.4 Å². The van der Waals surface area contributed by atoms with Crippen molar-refractivity contribution in [2.75, 3.05) is 34.2 Å². The van der Waals surface area contributed by atoms with Gasteiger partial charge in [0.25, 0.3) is 0 Å². The van der Waals surface area contributed by atoms with Gasteiger partial charge in [0.1, 0.15) is 16.9 Å². The minimum absolute atomic E-state index is 0.0934. The Bertz CT molecular complexity index is 826. The summed E-state index contributed by atoms with van der Waals surface area (Å²) in [4.78, 5) is 14.4. The summed E-state index contributed by atoms with van der Waals surface area (Å²) >= 11 is 1.60. The fraction of sp³-hybridized carbons (Fsp3) is 0.350. The van der Waals surface area contributed by atoms with E-state index in [1.54, 1.807) is 40.2 Å². The van der Waals surface area contributed by atoms with Gasteiger partial charge in [-0.2, -0.15) is 0 Å². The molecule has 144 valence electrons. The quantitative estimate of drug-likeness (QED) is 0.723. The Labute approximate surface area is 163 Å². The lowest BCUT2D eigenvalue weighted by Crippen LogP contribution is -2.27. The molecule has 0 saturated carbocycles. The van der Waals surface area contributed by atoms with E-state index in [1.807, 2.05) is 41.3 Å². The number of methoxy groups -OCH3 is 4. The molecule has 0 N–H and O–H groups in total. The van der Waals surface area contributed by atoms with Crippen LogP contribution < -0.4 is 18.9 Å². The van der Waals surface area contributed by atoms with Gasteiger partial charge in [0.05, 0.1) is 40.7 Å². The number of nitrogens with zero attached hydrogens (tertiary/aromatic N) is 1. The molecule has 7 heteroatoms. The average molecular weight is 389 g/mol. The summed E-state index contributed by atoms with van der Waals surface area (Å²) in [5.74, 6) is 3.27. The zero-order chi connectivity index (χ0) is 19.4. The number of rotatable bonds is 7. The van der Waals surface area contributed by atoms with E-state index in [4.69, 9.17) is 18.9 Å². The van der Waals surface area contributed by atoms with Crippen LogP contribution in [-0.4, -0.2) is 45.0 Å². The van der Waals surface area contributed by atoms with Crippen LogP contribution in [0.4, 0.5) is 0 Å². The molecule has 0 radical (unpaired) electrons. The maximum absolute atomic E-state index is 12.5. The monoisotopic (exact) mass is 389 g/mol. The van der Waals surface area contributed by atoms with E-state index < -0.39 is 0 Å². The number of hydrogen-bond donors (Lipinski definition) is 0. The number of thioether (sulfide) groups is 1. The van der Waals surface area contributed by atoms with Crippen molar-refractivity contribution >= 4 is 17.7 Å². The van der Waals surface area contributed by atoms with Crippen molar-refractivity contribution in [1.29, 1.82) is 0 Å². The highest BCUT2D eigenvalue weighted by Gasteiger charge is 2.33. The Balaban J connectivity index is 1.89. The summed E-state index contributed by atoms with van der Waals surface area (Å²) in [5.41, 5.74) is 1.93. The molecule has 2 aromatic carbocycles. The Hall–Kier alpha value is -2.54. The molecule has 1 heterocycles. The van der Waals surface area contributed by atoms with E-state index in [-0.39, 0.29) is 11.3 Å². The molecule has 0 spiro atoms. The molecule has 1 atom stereocenters. The van der Waals surface area contributed by atoms with Crippen molar-refractivity contribution in [3.8, 4) is 23.0 Å². The van der Waals surface area contributed by atoms with Gasteiger partial charge in [-0.3, -0.25) is 4.79 Å². The molecule has 1 fully saturated rings. The minimum atomic E-state index is -0.0934. The van der Waals surface area contributed by atoms with Crippen LogP contribution >= 0.6 is 11.8 Å². The van der Waals surface area contributed by atoms with Crippen molar-refractivity contribution in [3.63, 3.8) is 0 Å². The topological polar surface area (TPSA) is 57.2 Å². The van der Waals surface area contributed by atoms with Gasteiger partial charge in [0.2, 0.25) is 5.91 Å². The van der Waals surface area contributed by atoms with Crippen LogP contribution in [-0.2, 0) is 11.3 Å². The number of hydrogen-bond acceptors (Lipinski definition) is 6. The third-order valence-corrected chi connectivity index (χ3v) is 5.75. The van der Waals surface area contributed by atoms with Gasteiger partial charge < -0.3 is 23.8 Å². The first-order chi connectivity index (χ1) is 13.1. The molecule has 6 nitrogen and oxygen atoms in total. The maximum Gasteiger partial charge on any atom is 0.234 e. The van der Waals surface area contributed by atoms with Gasteiger partial charge >= 0.3 is 0 Å². The van der Waals surface area contributed by atoms with Gasteiger partial charge in [-0.05, 0) is 29.8 Å². The van der Waals surface area contributed by atoms with Gasteiger partial charge in [-0.25, -0.2) is 0 Å². The Morgan fingerprint density at radius 3 is 2.33 bits per heavy atom. The minimum Gasteiger partial charge on any atom is -0.497 e. The Morgan fingerprint density at radius 2 is 1.67 bits per heavy atom.